The molecule has 1 aromatic heterocycles. The first-order valence-corrected chi connectivity index (χ1v) is 12.6. The molecule has 0 saturated carbocycles. The van der Waals surface area contributed by atoms with Gasteiger partial charge in [-0.25, -0.2) is 8.93 Å². The van der Waals surface area contributed by atoms with E-state index in [9.17, 15) is 4.21 Å². The Morgan fingerprint density at radius 2 is 1.83 bits per heavy atom. The fraction of sp³-hybridized carbons (Fsp3) is 0.722. The van der Waals surface area contributed by atoms with Crippen molar-refractivity contribution in [2.75, 3.05) is 6.61 Å². The third-order valence-electron chi connectivity index (χ3n) is 4.53. The molecule has 1 heterocycles. The summed E-state index contributed by atoms with van der Waals surface area (Å²) in [5.41, 5.74) is 0.911. The van der Waals surface area contributed by atoms with Crippen LogP contribution in [0.25, 0.3) is 0 Å². The molecule has 0 aliphatic carbocycles. The molecule has 0 amide bonds. The Hall–Kier alpha value is -0.563. The summed E-state index contributed by atoms with van der Waals surface area (Å²) in [6, 6.07) is 5.76. The minimum atomic E-state index is -1.77. The van der Waals surface area contributed by atoms with Gasteiger partial charge in [-0.2, -0.15) is 0 Å². The van der Waals surface area contributed by atoms with Crippen LogP contribution in [0.4, 0.5) is 0 Å². The average Bonchev–Trinajstić information content (AvgIpc) is 2.44. The molecule has 1 N–H and O–H groups in total. The summed E-state index contributed by atoms with van der Waals surface area (Å²) in [5.74, 6) is 0. The normalized spacial score (nSPS) is 16.0. The molecule has 1 aromatic rings. The zero-order valence-electron chi connectivity index (χ0n) is 16.5. The maximum atomic E-state index is 12.5. The lowest BCUT2D eigenvalue weighted by Crippen LogP contribution is -2.42. The Kier molecular flexibility index (Phi) is 7.35. The minimum Gasteiger partial charge on any atom is -0.417 e. The summed E-state index contributed by atoms with van der Waals surface area (Å²) in [7, 11) is -2.92. The molecule has 2 atom stereocenters. The highest BCUT2D eigenvalue weighted by Crippen LogP contribution is 2.36. The Labute approximate surface area is 151 Å². The molecule has 0 aliphatic heterocycles. The van der Waals surface area contributed by atoms with Gasteiger partial charge in [-0.05, 0) is 57.5 Å². The summed E-state index contributed by atoms with van der Waals surface area (Å²) in [6.45, 7) is 17.8. The fourth-order valence-corrected chi connectivity index (χ4v) is 3.72. The van der Waals surface area contributed by atoms with Crippen molar-refractivity contribution in [3.8, 4) is 0 Å². The zero-order valence-corrected chi connectivity index (χ0v) is 18.3. The van der Waals surface area contributed by atoms with Crippen molar-refractivity contribution in [1.29, 1.82) is 0 Å². The highest BCUT2D eigenvalue weighted by molar-refractivity contribution is 7.84. The van der Waals surface area contributed by atoms with Crippen LogP contribution < -0.4 is 4.72 Å². The zero-order chi connectivity index (χ0) is 18.6. The Morgan fingerprint density at radius 1 is 1.21 bits per heavy atom. The quantitative estimate of drug-likeness (QED) is 0.714. The highest BCUT2D eigenvalue weighted by atomic mass is 32.2. The summed E-state index contributed by atoms with van der Waals surface area (Å²) in [5, 5.41) is 0.190. The number of nitrogens with one attached hydrogen (secondary N) is 1. The van der Waals surface area contributed by atoms with E-state index in [2.05, 4.69) is 43.6 Å². The SMILES string of the molecule is CC(C)(C)S(=O)N[C@H](CCO[Si](C)(C)C(C)(C)C)c1ccccn1. The molecule has 1 unspecified atom stereocenters. The molecule has 0 saturated heterocycles. The molecule has 0 bridgehead atoms. The molecule has 0 aliphatic rings. The van der Waals surface area contributed by atoms with Gasteiger partial charge in [-0.1, -0.05) is 26.8 Å². The molecule has 1 rings (SSSR count). The number of pyridine rings is 1. The van der Waals surface area contributed by atoms with Gasteiger partial charge in [0.1, 0.15) is 0 Å². The number of rotatable bonds is 7. The van der Waals surface area contributed by atoms with Crippen molar-refractivity contribution in [2.45, 2.75) is 76.9 Å². The number of nitrogens with zero attached hydrogens (tertiary/aromatic N) is 1. The lowest BCUT2D eigenvalue weighted by Gasteiger charge is -2.36. The smallest absolute Gasteiger partial charge is 0.191 e. The van der Waals surface area contributed by atoms with E-state index in [4.69, 9.17) is 4.43 Å². The van der Waals surface area contributed by atoms with Gasteiger partial charge in [0.2, 0.25) is 0 Å². The van der Waals surface area contributed by atoms with Crippen molar-refractivity contribution >= 4 is 19.3 Å². The van der Waals surface area contributed by atoms with E-state index in [1.807, 2.05) is 39.0 Å². The van der Waals surface area contributed by atoms with E-state index in [1.54, 1.807) is 6.20 Å². The summed E-state index contributed by atoms with van der Waals surface area (Å²) in [6.07, 6.45) is 2.53. The van der Waals surface area contributed by atoms with Crippen LogP contribution in [0.2, 0.25) is 18.1 Å². The van der Waals surface area contributed by atoms with Crippen molar-refractivity contribution in [3.63, 3.8) is 0 Å². The monoisotopic (exact) mass is 370 g/mol. The topological polar surface area (TPSA) is 51.2 Å². The second kappa shape index (κ2) is 8.21. The van der Waals surface area contributed by atoms with Gasteiger partial charge in [0.25, 0.3) is 0 Å². The average molecular weight is 371 g/mol. The maximum absolute atomic E-state index is 12.5. The van der Waals surface area contributed by atoms with Crippen LogP contribution in [0.1, 0.15) is 59.7 Å². The molecule has 24 heavy (non-hydrogen) atoms. The summed E-state index contributed by atoms with van der Waals surface area (Å²) in [4.78, 5) is 4.44. The maximum Gasteiger partial charge on any atom is 0.191 e. The van der Waals surface area contributed by atoms with Gasteiger partial charge in [-0.3, -0.25) is 4.98 Å². The van der Waals surface area contributed by atoms with E-state index in [-0.39, 0.29) is 15.8 Å². The third kappa shape index (κ3) is 6.39. The van der Waals surface area contributed by atoms with Gasteiger partial charge >= 0.3 is 0 Å². The molecule has 6 heteroatoms. The van der Waals surface area contributed by atoms with E-state index < -0.39 is 19.3 Å². The summed E-state index contributed by atoms with van der Waals surface area (Å²) < 4.78 is 21.7. The van der Waals surface area contributed by atoms with E-state index >= 15 is 0 Å². The first-order valence-electron chi connectivity index (χ1n) is 8.57. The van der Waals surface area contributed by atoms with E-state index in [1.165, 1.54) is 0 Å². The predicted octanol–water partition coefficient (Wildman–Crippen LogP) is 4.59. The Bertz CT molecular complexity index is 536. The fourth-order valence-electron chi connectivity index (χ4n) is 1.80. The molecular formula is C18H34N2O2SSi. The Balaban J connectivity index is 2.79. The molecule has 138 valence electrons. The van der Waals surface area contributed by atoms with E-state index in [0.29, 0.717) is 6.61 Å². The minimum absolute atomic E-state index is 0.0731. The van der Waals surface area contributed by atoms with Crippen molar-refractivity contribution in [2.24, 2.45) is 0 Å². The lowest BCUT2D eigenvalue weighted by molar-refractivity contribution is 0.268. The van der Waals surface area contributed by atoms with Crippen LogP contribution in [-0.2, 0) is 15.4 Å². The van der Waals surface area contributed by atoms with Crippen molar-refractivity contribution in [3.05, 3.63) is 30.1 Å². The number of hydrogen-bond acceptors (Lipinski definition) is 3. The Morgan fingerprint density at radius 3 is 2.29 bits per heavy atom. The van der Waals surface area contributed by atoms with Gasteiger partial charge in [0.05, 0.1) is 27.5 Å². The van der Waals surface area contributed by atoms with Crippen LogP contribution in [0, 0.1) is 0 Å². The molecule has 0 spiro atoms. The second-order valence-corrected chi connectivity index (χ2v) is 15.5. The molecule has 4 nitrogen and oxygen atoms in total. The molecule has 0 fully saturated rings. The highest BCUT2D eigenvalue weighted by Gasteiger charge is 2.37. The summed E-state index contributed by atoms with van der Waals surface area (Å²) >= 11 is 0. The first-order chi connectivity index (χ1) is 10.8. The van der Waals surface area contributed by atoms with Gasteiger partial charge in [0, 0.05) is 12.8 Å². The standard InChI is InChI=1S/C18H34N2O2SSi/c1-17(2,3)23(21)20-16(15-11-9-10-13-19-15)12-14-22-24(7,8)18(4,5)6/h9-11,13,16,20H,12,14H2,1-8H3/t16-,23?/m1/s1. The van der Waals surface area contributed by atoms with Gasteiger partial charge in [0.15, 0.2) is 8.32 Å². The number of aromatic nitrogens is 1. The largest absolute Gasteiger partial charge is 0.417 e. The van der Waals surface area contributed by atoms with Crippen LogP contribution in [0.15, 0.2) is 24.4 Å². The number of hydrogen-bond donors (Lipinski definition) is 1. The van der Waals surface area contributed by atoms with Gasteiger partial charge < -0.3 is 4.43 Å². The van der Waals surface area contributed by atoms with Crippen molar-refractivity contribution < 1.29 is 8.63 Å². The van der Waals surface area contributed by atoms with Crippen molar-refractivity contribution in [1.82, 2.24) is 9.71 Å². The lowest BCUT2D eigenvalue weighted by atomic mass is 10.1. The second-order valence-electron chi connectivity index (χ2n) is 8.70. The van der Waals surface area contributed by atoms with Crippen LogP contribution in [-0.4, -0.2) is 28.9 Å². The van der Waals surface area contributed by atoms with Crippen LogP contribution >= 0.6 is 0 Å². The van der Waals surface area contributed by atoms with E-state index in [0.717, 1.165) is 12.1 Å². The predicted molar refractivity (Wildman–Crippen MR) is 106 cm³/mol. The molecule has 0 aromatic carbocycles. The third-order valence-corrected chi connectivity index (χ3v) is 10.7. The molecular weight excluding hydrogens is 336 g/mol. The van der Waals surface area contributed by atoms with Crippen LogP contribution in [0.3, 0.4) is 0 Å². The first kappa shape index (κ1) is 21.5. The molecule has 0 radical (unpaired) electrons. The van der Waals surface area contributed by atoms with Crippen LogP contribution in [0.5, 0.6) is 0 Å². The van der Waals surface area contributed by atoms with Gasteiger partial charge in [-0.15, -0.1) is 0 Å².